The van der Waals surface area contributed by atoms with E-state index in [1.165, 1.54) is 18.2 Å². The predicted molar refractivity (Wildman–Crippen MR) is 60.8 cm³/mol. The third kappa shape index (κ3) is 2.69. The number of halogens is 2. The van der Waals surface area contributed by atoms with Gasteiger partial charge in [0.05, 0.1) is 5.69 Å². The summed E-state index contributed by atoms with van der Waals surface area (Å²) in [6, 6.07) is 5.41. The molecule has 0 heterocycles. The summed E-state index contributed by atoms with van der Waals surface area (Å²) in [5.74, 6) is -4.14. The molecule has 0 fully saturated rings. The number of nitrogens with zero attached hydrogens (tertiary/aromatic N) is 3. The van der Waals surface area contributed by atoms with E-state index in [0.717, 1.165) is 0 Å². The van der Waals surface area contributed by atoms with Gasteiger partial charge in [0.2, 0.25) is 0 Å². The fourth-order valence-electron chi connectivity index (χ4n) is 1.29. The van der Waals surface area contributed by atoms with Crippen LogP contribution in [0.15, 0.2) is 23.4 Å². The number of nitrogens with one attached hydrogen (secondary N) is 1. The summed E-state index contributed by atoms with van der Waals surface area (Å²) < 4.78 is 27.0. The van der Waals surface area contributed by atoms with Gasteiger partial charge in [-0.3, -0.25) is 0 Å². The zero-order chi connectivity index (χ0) is 15.3. The average Bonchev–Trinajstić information content (AvgIpc) is 2.42. The highest BCUT2D eigenvalue weighted by Crippen LogP contribution is 2.25. The molecule has 0 spiro atoms. The van der Waals surface area contributed by atoms with Crippen LogP contribution >= 0.6 is 0 Å². The molecule has 0 aliphatic carbocycles. The number of anilines is 1. The van der Waals surface area contributed by atoms with Crippen molar-refractivity contribution in [1.82, 2.24) is 0 Å². The van der Waals surface area contributed by atoms with Gasteiger partial charge in [0, 0.05) is 0 Å². The van der Waals surface area contributed by atoms with Gasteiger partial charge >= 0.3 is 5.97 Å². The van der Waals surface area contributed by atoms with Gasteiger partial charge in [-0.25, -0.2) is 13.6 Å². The molecule has 98 valence electrons. The third-order valence-corrected chi connectivity index (χ3v) is 2.15. The van der Waals surface area contributed by atoms with E-state index in [4.69, 9.17) is 20.9 Å². The summed E-state index contributed by atoms with van der Waals surface area (Å²) in [7, 11) is 0. The highest BCUT2D eigenvalue weighted by molar-refractivity contribution is 5.95. The molecule has 6 nitrogen and oxygen atoms in total. The molecule has 1 rings (SSSR count). The first kappa shape index (κ1) is 14.6. The first-order valence-electron chi connectivity index (χ1n) is 4.89. The quantitative estimate of drug-likeness (QED) is 0.812. The van der Waals surface area contributed by atoms with Crippen molar-refractivity contribution in [1.29, 1.82) is 15.8 Å². The molecule has 0 aromatic heterocycles. The van der Waals surface area contributed by atoms with E-state index in [1.54, 1.807) is 0 Å². The van der Waals surface area contributed by atoms with Gasteiger partial charge in [0.1, 0.15) is 41.1 Å². The standard InChI is InChI=1S/C12H4F2N4O2/c13-7-1-2-8(14)11(10(7)12(19)20)18-9(5-17)6(3-15)4-16/h1-2,18H,(H,19,20). The van der Waals surface area contributed by atoms with Gasteiger partial charge in [-0.05, 0) is 12.1 Å². The van der Waals surface area contributed by atoms with Gasteiger partial charge in [0.15, 0.2) is 5.57 Å². The fraction of sp³-hybridized carbons (Fsp3) is 0. The molecule has 2 N–H and O–H groups in total. The number of benzene rings is 1. The van der Waals surface area contributed by atoms with E-state index in [-0.39, 0.29) is 0 Å². The predicted octanol–water partition coefficient (Wildman–Crippen LogP) is 1.90. The number of aromatic carboxylic acids is 1. The van der Waals surface area contributed by atoms with Crippen molar-refractivity contribution in [3.8, 4) is 18.2 Å². The third-order valence-electron chi connectivity index (χ3n) is 2.15. The van der Waals surface area contributed by atoms with Crippen LogP contribution in [0.2, 0.25) is 0 Å². The van der Waals surface area contributed by atoms with Gasteiger partial charge in [-0.1, -0.05) is 0 Å². The molecule has 20 heavy (non-hydrogen) atoms. The van der Waals surface area contributed by atoms with Crippen molar-refractivity contribution in [3.05, 3.63) is 40.6 Å². The Bertz CT molecular complexity index is 720. The van der Waals surface area contributed by atoms with Crippen LogP contribution in [0, 0.1) is 45.6 Å². The molecule has 1 aromatic rings. The molecule has 0 aliphatic heterocycles. The van der Waals surface area contributed by atoms with Crippen LogP contribution < -0.4 is 5.32 Å². The van der Waals surface area contributed by atoms with Crippen molar-refractivity contribution < 1.29 is 18.7 Å². The molecule has 1 aromatic carbocycles. The SMILES string of the molecule is N#CC(C#N)=C(C#N)Nc1c(F)ccc(F)c1C(=O)O. The summed E-state index contributed by atoms with van der Waals surface area (Å²) >= 11 is 0. The summed E-state index contributed by atoms with van der Waals surface area (Å²) in [5, 5.41) is 36.8. The average molecular weight is 274 g/mol. The van der Waals surface area contributed by atoms with Crippen LogP contribution in [-0.2, 0) is 0 Å². The minimum absolute atomic E-state index is 0.606. The van der Waals surface area contributed by atoms with Crippen LogP contribution in [0.5, 0.6) is 0 Å². The van der Waals surface area contributed by atoms with Crippen LogP contribution in [0.3, 0.4) is 0 Å². The Balaban J connectivity index is 3.52. The molecule has 0 unspecified atom stereocenters. The second kappa shape index (κ2) is 5.94. The summed E-state index contributed by atoms with van der Waals surface area (Å²) in [6.07, 6.45) is 0. The van der Waals surface area contributed by atoms with E-state index < -0.39 is 40.1 Å². The zero-order valence-corrected chi connectivity index (χ0v) is 9.61. The van der Waals surface area contributed by atoms with E-state index in [0.29, 0.717) is 12.1 Å². The molecular weight excluding hydrogens is 270 g/mol. The van der Waals surface area contributed by atoms with E-state index in [1.807, 2.05) is 5.32 Å². The monoisotopic (exact) mass is 274 g/mol. The highest BCUT2D eigenvalue weighted by Gasteiger charge is 2.21. The number of hydrogen-bond donors (Lipinski definition) is 2. The van der Waals surface area contributed by atoms with Gasteiger partial charge < -0.3 is 10.4 Å². The second-order valence-electron chi connectivity index (χ2n) is 3.29. The molecule has 0 atom stereocenters. The minimum Gasteiger partial charge on any atom is -0.478 e. The van der Waals surface area contributed by atoms with Gasteiger partial charge in [-0.2, -0.15) is 15.8 Å². The number of rotatable bonds is 3. The number of carbonyl (C=O) groups is 1. The van der Waals surface area contributed by atoms with E-state index in [9.17, 15) is 13.6 Å². The van der Waals surface area contributed by atoms with Crippen LogP contribution in [0.25, 0.3) is 0 Å². The van der Waals surface area contributed by atoms with E-state index in [2.05, 4.69) is 0 Å². The zero-order valence-electron chi connectivity index (χ0n) is 9.61. The summed E-state index contributed by atoms with van der Waals surface area (Å²) in [6.45, 7) is 0. The van der Waals surface area contributed by atoms with Crippen LogP contribution in [-0.4, -0.2) is 11.1 Å². The van der Waals surface area contributed by atoms with Crippen LogP contribution in [0.4, 0.5) is 14.5 Å². The lowest BCUT2D eigenvalue weighted by atomic mass is 10.1. The topological polar surface area (TPSA) is 121 Å². The molecule has 0 bridgehead atoms. The maximum absolute atomic E-state index is 13.6. The van der Waals surface area contributed by atoms with Crippen molar-refractivity contribution in [2.45, 2.75) is 0 Å². The van der Waals surface area contributed by atoms with Gasteiger partial charge in [-0.15, -0.1) is 0 Å². The van der Waals surface area contributed by atoms with E-state index >= 15 is 0 Å². The molecule has 0 amide bonds. The maximum atomic E-state index is 13.6. The molecule has 0 saturated carbocycles. The molecule has 0 radical (unpaired) electrons. The number of allylic oxidation sites excluding steroid dienone is 2. The van der Waals surface area contributed by atoms with Crippen molar-refractivity contribution >= 4 is 11.7 Å². The number of hydrogen-bond acceptors (Lipinski definition) is 5. The number of carboxylic acid groups (broad SMARTS) is 1. The normalized spacial score (nSPS) is 8.75. The van der Waals surface area contributed by atoms with Crippen molar-refractivity contribution in [2.24, 2.45) is 0 Å². The lowest BCUT2D eigenvalue weighted by Crippen LogP contribution is -2.11. The highest BCUT2D eigenvalue weighted by atomic mass is 19.1. The fourth-order valence-corrected chi connectivity index (χ4v) is 1.29. The number of carboxylic acids is 1. The largest absolute Gasteiger partial charge is 0.478 e. The Morgan fingerprint density at radius 2 is 1.65 bits per heavy atom. The summed E-state index contributed by atoms with van der Waals surface area (Å²) in [4.78, 5) is 10.9. The van der Waals surface area contributed by atoms with Crippen LogP contribution in [0.1, 0.15) is 10.4 Å². The minimum atomic E-state index is -1.77. The second-order valence-corrected chi connectivity index (χ2v) is 3.29. The number of nitriles is 3. The first-order chi connectivity index (χ1) is 9.46. The Kier molecular flexibility index (Phi) is 4.34. The molecular formula is C12H4F2N4O2. The molecule has 0 aliphatic rings. The van der Waals surface area contributed by atoms with Crippen molar-refractivity contribution in [3.63, 3.8) is 0 Å². The van der Waals surface area contributed by atoms with Gasteiger partial charge in [0.25, 0.3) is 0 Å². The smallest absolute Gasteiger partial charge is 0.340 e. The Morgan fingerprint density at radius 3 is 2.10 bits per heavy atom. The Morgan fingerprint density at radius 1 is 1.10 bits per heavy atom. The maximum Gasteiger partial charge on any atom is 0.340 e. The lowest BCUT2D eigenvalue weighted by Gasteiger charge is -2.10. The Labute approximate surface area is 111 Å². The molecule has 8 heteroatoms. The molecule has 0 saturated heterocycles. The van der Waals surface area contributed by atoms with Crippen molar-refractivity contribution in [2.75, 3.05) is 5.32 Å². The lowest BCUT2D eigenvalue weighted by molar-refractivity contribution is 0.0692. The summed E-state index contributed by atoms with van der Waals surface area (Å²) in [5.41, 5.74) is -3.24. The Hall–Kier alpha value is -3.44. The first-order valence-corrected chi connectivity index (χ1v) is 4.89.